The summed E-state index contributed by atoms with van der Waals surface area (Å²) in [6.45, 7) is 0. The first kappa shape index (κ1) is 35.4. The van der Waals surface area contributed by atoms with Crippen LogP contribution in [0.2, 0.25) is 0 Å². The van der Waals surface area contributed by atoms with Crippen LogP contribution in [0.5, 0.6) is 0 Å². The van der Waals surface area contributed by atoms with Gasteiger partial charge in [-0.3, -0.25) is 0 Å². The Morgan fingerprint density at radius 1 is 0.333 bits per heavy atom. The average molecular weight is 823 g/mol. The van der Waals surface area contributed by atoms with E-state index < -0.39 is 0 Å². The summed E-state index contributed by atoms with van der Waals surface area (Å²) >= 11 is 1.89. The van der Waals surface area contributed by atoms with Crippen LogP contribution in [0.4, 0.5) is 0 Å². The maximum absolute atomic E-state index is 2.61. The Morgan fingerprint density at radius 3 is 1.76 bits per heavy atom. The van der Waals surface area contributed by atoms with Crippen molar-refractivity contribution in [2.24, 2.45) is 0 Å². The second-order valence-electron chi connectivity index (χ2n) is 18.0. The molecule has 298 valence electrons. The molecule has 1 fully saturated rings. The first-order valence-electron chi connectivity index (χ1n) is 22.5. The summed E-state index contributed by atoms with van der Waals surface area (Å²) in [6, 6.07) is 73.3. The van der Waals surface area contributed by atoms with Gasteiger partial charge in [0.25, 0.3) is 0 Å². The Hall–Kier alpha value is -7.20. The highest BCUT2D eigenvalue weighted by atomic mass is 32.1. The van der Waals surface area contributed by atoms with Gasteiger partial charge >= 0.3 is 0 Å². The van der Waals surface area contributed by atoms with Gasteiger partial charge in [-0.1, -0.05) is 141 Å². The Balaban J connectivity index is 0.932. The molecule has 3 heterocycles. The normalized spacial score (nSPS) is 14.5. The highest BCUT2D eigenvalue weighted by Gasteiger charge is 2.44. The molecule has 2 nitrogen and oxygen atoms in total. The lowest BCUT2D eigenvalue weighted by atomic mass is 9.67. The fourth-order valence-electron chi connectivity index (χ4n) is 11.8. The molecule has 0 radical (unpaired) electrons. The SMILES string of the molecule is c1ccc(-c2cccc(-n3c4ccccc4c4cc(-c5ccc6c(c5)C5(CCCCC5)c5cc7c8ccccc8n(-c8ccc9c(c8)sc8ccccc89)c7cc5-6)ccc43)c2)cc1. The Morgan fingerprint density at radius 2 is 0.937 bits per heavy atom. The van der Waals surface area contributed by atoms with Crippen molar-refractivity contribution in [1.29, 1.82) is 0 Å². The fraction of sp³-hybridized carbons (Fsp3) is 0.100. The molecule has 3 aromatic heterocycles. The van der Waals surface area contributed by atoms with Crippen molar-refractivity contribution < 1.29 is 0 Å². The van der Waals surface area contributed by atoms with Gasteiger partial charge in [0.2, 0.25) is 0 Å². The third kappa shape index (κ3) is 5.12. The number of benzene rings is 9. The molecule has 2 aliphatic rings. The molecule has 0 aliphatic heterocycles. The summed E-state index contributed by atoms with van der Waals surface area (Å²) in [4.78, 5) is 0. The van der Waals surface area contributed by atoms with Crippen LogP contribution >= 0.6 is 11.3 Å². The van der Waals surface area contributed by atoms with Crippen LogP contribution in [0.1, 0.15) is 43.2 Å². The summed E-state index contributed by atoms with van der Waals surface area (Å²) in [5.74, 6) is 0. The van der Waals surface area contributed by atoms with E-state index in [0.717, 1.165) is 0 Å². The van der Waals surface area contributed by atoms with E-state index in [2.05, 4.69) is 203 Å². The quantitative estimate of drug-likeness (QED) is 0.167. The largest absolute Gasteiger partial charge is 0.309 e. The summed E-state index contributed by atoms with van der Waals surface area (Å²) < 4.78 is 7.64. The van der Waals surface area contributed by atoms with E-state index in [1.54, 1.807) is 0 Å². The highest BCUT2D eigenvalue weighted by molar-refractivity contribution is 7.25. The van der Waals surface area contributed by atoms with Crippen molar-refractivity contribution in [2.75, 3.05) is 0 Å². The molecule has 0 atom stereocenters. The van der Waals surface area contributed by atoms with Gasteiger partial charge in [-0.2, -0.15) is 0 Å². The first-order valence-corrected chi connectivity index (χ1v) is 23.4. The summed E-state index contributed by atoms with van der Waals surface area (Å²) in [5, 5.41) is 7.93. The van der Waals surface area contributed by atoms with Crippen LogP contribution in [0.3, 0.4) is 0 Å². The molecular weight excluding hydrogens is 781 g/mol. The van der Waals surface area contributed by atoms with E-state index in [9.17, 15) is 0 Å². The van der Waals surface area contributed by atoms with E-state index in [0.29, 0.717) is 0 Å². The van der Waals surface area contributed by atoms with Crippen molar-refractivity contribution in [3.05, 3.63) is 205 Å². The second kappa shape index (κ2) is 13.4. The molecular formula is C60H42N2S. The number of rotatable bonds is 4. The molecule has 2 aliphatic carbocycles. The fourth-order valence-corrected chi connectivity index (χ4v) is 13.0. The molecule has 12 aromatic rings. The van der Waals surface area contributed by atoms with Gasteiger partial charge in [0.15, 0.2) is 0 Å². The Bertz CT molecular complexity index is 3830. The first-order chi connectivity index (χ1) is 31.2. The van der Waals surface area contributed by atoms with Gasteiger partial charge in [-0.25, -0.2) is 0 Å². The lowest BCUT2D eigenvalue weighted by molar-refractivity contribution is 0.353. The van der Waals surface area contributed by atoms with Crippen molar-refractivity contribution in [2.45, 2.75) is 37.5 Å². The number of para-hydroxylation sites is 2. The van der Waals surface area contributed by atoms with Gasteiger partial charge in [0, 0.05) is 58.5 Å². The molecule has 0 saturated heterocycles. The standard InChI is InChI=1S/C60H42N2S/c1-3-14-38(15-4-1)39-16-13-17-42(32-39)61-54-21-8-5-18-45(54)50-33-40(25-29-56(50)61)41-24-27-44-49-37-57-51(36-53(49)60(52(44)34-41)30-11-2-12-31-60)46-19-6-9-22-55(46)62(57)43-26-28-48-47-20-7-10-23-58(47)63-59(48)35-43/h1,3-10,13-29,32-37H,2,11-12,30-31H2. The second-order valence-corrected chi connectivity index (χ2v) is 19.0. The van der Waals surface area contributed by atoms with Crippen LogP contribution in [-0.2, 0) is 5.41 Å². The molecule has 3 heteroatoms. The molecule has 1 saturated carbocycles. The number of thiophene rings is 1. The lowest BCUT2D eigenvalue weighted by Gasteiger charge is -2.36. The minimum absolute atomic E-state index is 0.0101. The monoisotopic (exact) mass is 822 g/mol. The minimum Gasteiger partial charge on any atom is -0.309 e. The van der Waals surface area contributed by atoms with Crippen molar-refractivity contribution >= 4 is 75.1 Å². The molecule has 14 rings (SSSR count). The molecule has 1 spiro atoms. The number of hydrogen-bond acceptors (Lipinski definition) is 1. The van der Waals surface area contributed by atoms with E-state index in [4.69, 9.17) is 0 Å². The zero-order valence-corrected chi connectivity index (χ0v) is 35.6. The predicted octanol–water partition coefficient (Wildman–Crippen LogP) is 16.8. The maximum Gasteiger partial charge on any atom is 0.0547 e. The van der Waals surface area contributed by atoms with E-state index in [1.807, 2.05) is 11.3 Å². The van der Waals surface area contributed by atoms with Crippen LogP contribution < -0.4 is 0 Å². The zero-order valence-electron chi connectivity index (χ0n) is 34.8. The zero-order chi connectivity index (χ0) is 41.2. The molecule has 0 bridgehead atoms. The Kier molecular flexibility index (Phi) is 7.53. The predicted molar refractivity (Wildman–Crippen MR) is 268 cm³/mol. The lowest BCUT2D eigenvalue weighted by Crippen LogP contribution is -2.28. The topological polar surface area (TPSA) is 9.86 Å². The molecule has 0 unspecified atom stereocenters. The highest BCUT2D eigenvalue weighted by Crippen LogP contribution is 2.58. The van der Waals surface area contributed by atoms with Gasteiger partial charge in [0.1, 0.15) is 0 Å². The van der Waals surface area contributed by atoms with E-state index in [1.165, 1.54) is 152 Å². The summed E-state index contributed by atoms with van der Waals surface area (Å²) in [7, 11) is 0. The number of nitrogens with zero attached hydrogens (tertiary/aromatic N) is 2. The molecule has 63 heavy (non-hydrogen) atoms. The van der Waals surface area contributed by atoms with Gasteiger partial charge in [-0.05, 0) is 130 Å². The van der Waals surface area contributed by atoms with Gasteiger partial charge < -0.3 is 9.13 Å². The molecule has 0 N–H and O–H groups in total. The number of hydrogen-bond donors (Lipinski definition) is 0. The third-order valence-electron chi connectivity index (χ3n) is 14.7. The van der Waals surface area contributed by atoms with Crippen LogP contribution in [0.15, 0.2) is 194 Å². The Labute approximate surface area is 369 Å². The molecule has 9 aromatic carbocycles. The molecule has 0 amide bonds. The average Bonchev–Trinajstić information content (AvgIpc) is 4.06. The van der Waals surface area contributed by atoms with Gasteiger partial charge in [0.05, 0.1) is 22.1 Å². The van der Waals surface area contributed by atoms with Crippen LogP contribution in [0, 0.1) is 0 Å². The minimum atomic E-state index is 0.0101. The van der Waals surface area contributed by atoms with Crippen molar-refractivity contribution in [3.8, 4) is 44.8 Å². The van der Waals surface area contributed by atoms with Gasteiger partial charge in [-0.15, -0.1) is 11.3 Å². The van der Waals surface area contributed by atoms with Crippen LogP contribution in [-0.4, -0.2) is 9.13 Å². The van der Waals surface area contributed by atoms with Crippen molar-refractivity contribution in [3.63, 3.8) is 0 Å². The van der Waals surface area contributed by atoms with E-state index in [-0.39, 0.29) is 5.41 Å². The third-order valence-corrected chi connectivity index (χ3v) is 15.8. The van der Waals surface area contributed by atoms with E-state index >= 15 is 0 Å². The maximum atomic E-state index is 2.61. The number of fused-ring (bicyclic) bond motifs is 14. The van der Waals surface area contributed by atoms with Crippen molar-refractivity contribution in [1.82, 2.24) is 9.13 Å². The number of aromatic nitrogens is 2. The van der Waals surface area contributed by atoms with Crippen LogP contribution in [0.25, 0.3) is 109 Å². The summed E-state index contributed by atoms with van der Waals surface area (Å²) in [6.07, 6.45) is 6.21. The smallest absolute Gasteiger partial charge is 0.0547 e. The summed E-state index contributed by atoms with van der Waals surface area (Å²) in [5.41, 5.74) is 18.3.